The second-order valence-electron chi connectivity index (χ2n) is 10.6. The number of sulfonamides is 1. The second-order valence-corrected chi connectivity index (χ2v) is 12.6. The lowest BCUT2D eigenvalue weighted by Crippen LogP contribution is -2.40. The van der Waals surface area contributed by atoms with Crippen LogP contribution < -0.4 is 25.0 Å². The van der Waals surface area contributed by atoms with Crippen LogP contribution in [0.1, 0.15) is 43.2 Å². The Morgan fingerprint density at radius 3 is 2.31 bits per heavy atom. The van der Waals surface area contributed by atoms with Gasteiger partial charge in [0.05, 0.1) is 31.9 Å². The largest absolute Gasteiger partial charge is 0.493 e. The number of carbonyl (C=O) groups is 2. The summed E-state index contributed by atoms with van der Waals surface area (Å²) >= 11 is 0. The Hall–Kier alpha value is -4.42. The molecule has 4 rings (SSSR count). The van der Waals surface area contributed by atoms with Crippen molar-refractivity contribution in [3.8, 4) is 17.2 Å². The van der Waals surface area contributed by atoms with Crippen LogP contribution in [0, 0.1) is 0 Å². The summed E-state index contributed by atoms with van der Waals surface area (Å²) in [5, 5.41) is 7.02. The Balaban J connectivity index is 1.34. The minimum Gasteiger partial charge on any atom is -0.493 e. The van der Waals surface area contributed by atoms with Gasteiger partial charge in [0, 0.05) is 18.7 Å². The van der Waals surface area contributed by atoms with E-state index in [1.165, 1.54) is 45.1 Å². The fraction of sp³-hybridized carbons (Fsp3) is 0.364. The predicted molar refractivity (Wildman–Crippen MR) is 171 cm³/mol. The Morgan fingerprint density at radius 1 is 0.911 bits per heavy atom. The number of rotatable bonds is 15. The van der Waals surface area contributed by atoms with Crippen molar-refractivity contribution in [1.29, 1.82) is 0 Å². The van der Waals surface area contributed by atoms with Gasteiger partial charge in [0.2, 0.25) is 10.0 Å². The van der Waals surface area contributed by atoms with Gasteiger partial charge in [-0.05, 0) is 66.8 Å². The van der Waals surface area contributed by atoms with E-state index in [0.717, 1.165) is 35.6 Å². The van der Waals surface area contributed by atoms with Gasteiger partial charge in [0.15, 0.2) is 18.1 Å². The molecule has 240 valence electrons. The van der Waals surface area contributed by atoms with E-state index in [2.05, 4.69) is 15.8 Å². The van der Waals surface area contributed by atoms with Crippen molar-refractivity contribution >= 4 is 28.1 Å². The summed E-state index contributed by atoms with van der Waals surface area (Å²) < 4.78 is 44.5. The molecule has 1 aliphatic rings. The monoisotopic (exact) mass is 636 g/mol. The number of hydrogen-bond acceptors (Lipinski definition) is 8. The summed E-state index contributed by atoms with van der Waals surface area (Å²) in [6.45, 7) is -0.443. The average Bonchev–Trinajstić information content (AvgIpc) is 3.06. The predicted octanol–water partition coefficient (Wildman–Crippen LogP) is 3.92. The number of ether oxygens (including phenoxy) is 3. The standard InChI is InChI=1S/C33H40N4O7S/c1-42-30-18-17-29(21-31(30)43-2)45(40,41)37(20-19-25-9-5-3-6-10-25)23-32(38)36-34-22-26-13-15-28(16-14-26)44-24-33(39)35-27-11-7-4-8-12-27/h3,5-6,9-10,13-18,21-22,27H,4,7-8,11-12,19-20,23-24H2,1-2H3,(H,35,39)(H,36,38)/b34-22-. The van der Waals surface area contributed by atoms with Crippen molar-refractivity contribution in [3.63, 3.8) is 0 Å². The average molecular weight is 637 g/mol. The third kappa shape index (κ3) is 10.0. The molecule has 0 aliphatic heterocycles. The van der Waals surface area contributed by atoms with Gasteiger partial charge in [0.1, 0.15) is 5.75 Å². The van der Waals surface area contributed by atoms with Gasteiger partial charge in [0.25, 0.3) is 11.8 Å². The molecule has 0 radical (unpaired) electrons. The highest BCUT2D eigenvalue weighted by Crippen LogP contribution is 2.30. The second kappa shape index (κ2) is 16.6. The summed E-state index contributed by atoms with van der Waals surface area (Å²) in [6, 6.07) is 20.8. The van der Waals surface area contributed by atoms with E-state index >= 15 is 0 Å². The minimum atomic E-state index is -4.08. The van der Waals surface area contributed by atoms with Gasteiger partial charge in [-0.3, -0.25) is 9.59 Å². The highest BCUT2D eigenvalue weighted by Gasteiger charge is 2.28. The van der Waals surface area contributed by atoms with Gasteiger partial charge >= 0.3 is 0 Å². The van der Waals surface area contributed by atoms with Crippen molar-refractivity contribution in [1.82, 2.24) is 15.0 Å². The molecule has 0 heterocycles. The number of hydrazone groups is 1. The van der Waals surface area contributed by atoms with Crippen LogP contribution in [0.5, 0.6) is 17.2 Å². The van der Waals surface area contributed by atoms with E-state index in [4.69, 9.17) is 14.2 Å². The molecule has 1 saturated carbocycles. The zero-order valence-electron chi connectivity index (χ0n) is 25.6. The molecule has 12 heteroatoms. The molecule has 45 heavy (non-hydrogen) atoms. The van der Waals surface area contributed by atoms with Crippen LogP contribution >= 0.6 is 0 Å². The first-order chi connectivity index (χ1) is 21.8. The van der Waals surface area contributed by atoms with Crippen molar-refractivity contribution in [3.05, 3.63) is 83.9 Å². The maximum atomic E-state index is 13.7. The van der Waals surface area contributed by atoms with E-state index in [9.17, 15) is 18.0 Å². The normalized spacial score (nSPS) is 13.8. The van der Waals surface area contributed by atoms with E-state index in [0.29, 0.717) is 23.5 Å². The Kier molecular flexibility index (Phi) is 12.3. The first kappa shape index (κ1) is 33.5. The number of carbonyl (C=O) groups excluding carboxylic acids is 2. The molecule has 0 bridgehead atoms. The summed E-state index contributed by atoms with van der Waals surface area (Å²) in [7, 11) is -1.20. The molecule has 2 amide bonds. The number of amides is 2. The lowest BCUT2D eigenvalue weighted by Gasteiger charge is -2.22. The molecule has 11 nitrogen and oxygen atoms in total. The zero-order chi connectivity index (χ0) is 32.1. The molecule has 1 aliphatic carbocycles. The first-order valence-electron chi connectivity index (χ1n) is 14.9. The van der Waals surface area contributed by atoms with E-state index in [1.54, 1.807) is 24.3 Å². The summed E-state index contributed by atoms with van der Waals surface area (Å²) in [5.41, 5.74) is 4.02. The molecule has 3 aromatic carbocycles. The summed E-state index contributed by atoms with van der Waals surface area (Å²) in [6.07, 6.45) is 7.36. The molecule has 2 N–H and O–H groups in total. The highest BCUT2D eigenvalue weighted by molar-refractivity contribution is 7.89. The Bertz CT molecular complexity index is 1540. The maximum absolute atomic E-state index is 13.7. The first-order valence-corrected chi connectivity index (χ1v) is 16.3. The van der Waals surface area contributed by atoms with E-state index < -0.39 is 22.5 Å². The van der Waals surface area contributed by atoms with Crippen LogP contribution in [0.25, 0.3) is 0 Å². The van der Waals surface area contributed by atoms with E-state index in [1.807, 2.05) is 30.3 Å². The SMILES string of the molecule is COc1ccc(S(=O)(=O)N(CCc2ccccc2)CC(=O)N/N=C\c2ccc(OCC(=O)NC3CCCCC3)cc2)cc1OC. The smallest absolute Gasteiger partial charge is 0.258 e. The Labute approximate surface area is 264 Å². The lowest BCUT2D eigenvalue weighted by atomic mass is 9.95. The quantitative estimate of drug-likeness (QED) is 0.191. The van der Waals surface area contributed by atoms with Crippen LogP contribution in [0.3, 0.4) is 0 Å². The van der Waals surface area contributed by atoms with Gasteiger partial charge in [-0.15, -0.1) is 0 Å². The number of benzene rings is 3. The fourth-order valence-corrected chi connectivity index (χ4v) is 6.41. The molecular formula is C33H40N4O7S. The van der Waals surface area contributed by atoms with Crippen molar-refractivity contribution < 1.29 is 32.2 Å². The van der Waals surface area contributed by atoms with Crippen LogP contribution in [0.2, 0.25) is 0 Å². The van der Waals surface area contributed by atoms with Gasteiger partial charge in [-0.1, -0.05) is 49.6 Å². The van der Waals surface area contributed by atoms with Gasteiger partial charge < -0.3 is 19.5 Å². The van der Waals surface area contributed by atoms with Crippen LogP contribution in [-0.2, 0) is 26.0 Å². The minimum absolute atomic E-state index is 0.0294. The van der Waals surface area contributed by atoms with E-state index in [-0.39, 0.29) is 35.7 Å². The van der Waals surface area contributed by atoms with Crippen molar-refractivity contribution in [2.24, 2.45) is 5.10 Å². The molecule has 0 spiro atoms. The molecule has 0 aromatic heterocycles. The summed E-state index contributed by atoms with van der Waals surface area (Å²) in [5.74, 6) is 0.437. The third-order valence-corrected chi connectivity index (χ3v) is 9.27. The topological polar surface area (TPSA) is 136 Å². The molecule has 0 atom stereocenters. The highest BCUT2D eigenvalue weighted by atomic mass is 32.2. The van der Waals surface area contributed by atoms with Crippen molar-refractivity contribution in [2.45, 2.75) is 49.5 Å². The van der Waals surface area contributed by atoms with Gasteiger partial charge in [-0.2, -0.15) is 9.41 Å². The number of hydrogen-bond donors (Lipinski definition) is 2. The van der Waals surface area contributed by atoms with Gasteiger partial charge in [-0.25, -0.2) is 13.8 Å². The maximum Gasteiger partial charge on any atom is 0.258 e. The number of nitrogens with one attached hydrogen (secondary N) is 2. The lowest BCUT2D eigenvalue weighted by molar-refractivity contribution is -0.124. The number of nitrogens with zero attached hydrogens (tertiary/aromatic N) is 2. The summed E-state index contributed by atoms with van der Waals surface area (Å²) in [4.78, 5) is 25.0. The number of methoxy groups -OCH3 is 2. The molecule has 0 unspecified atom stereocenters. The molecule has 3 aromatic rings. The van der Waals surface area contributed by atoms with Crippen LogP contribution in [0.4, 0.5) is 0 Å². The third-order valence-electron chi connectivity index (χ3n) is 7.43. The zero-order valence-corrected chi connectivity index (χ0v) is 26.4. The fourth-order valence-electron chi connectivity index (χ4n) is 5.00. The molecule has 0 saturated heterocycles. The van der Waals surface area contributed by atoms with Crippen LogP contribution in [0.15, 0.2) is 82.8 Å². The van der Waals surface area contributed by atoms with Crippen molar-refractivity contribution in [2.75, 3.05) is 33.9 Å². The Morgan fingerprint density at radius 2 is 1.62 bits per heavy atom. The molecule has 1 fully saturated rings. The molecular weight excluding hydrogens is 596 g/mol. The van der Waals surface area contributed by atoms with Crippen LogP contribution in [-0.4, -0.2) is 70.7 Å².